The zero-order valence-electron chi connectivity index (χ0n) is 19.7. The summed E-state index contributed by atoms with van der Waals surface area (Å²) >= 11 is 1.74. The van der Waals surface area contributed by atoms with Gasteiger partial charge in [-0.05, 0) is 71.5 Å². The normalized spacial score (nSPS) is 16.4. The van der Waals surface area contributed by atoms with Crippen molar-refractivity contribution >= 4 is 23.0 Å². The largest absolute Gasteiger partial charge is 0.468 e. The number of esters is 1. The van der Waals surface area contributed by atoms with Gasteiger partial charge < -0.3 is 9.64 Å². The third kappa shape index (κ3) is 5.31. The van der Waals surface area contributed by atoms with Crippen molar-refractivity contribution in [3.63, 3.8) is 0 Å². The number of hydrogen-bond donors (Lipinski definition) is 0. The summed E-state index contributed by atoms with van der Waals surface area (Å²) in [5.74, 6) is -0.119. The molecule has 0 saturated carbocycles. The standard InChI is InChI=1S/C28H34N2O2S/c1-3-28(27(31)32-2,25-8-5-4-6-9-25)15-7-16-29-17-19-30(20-18-29)26-12-10-23(11-13-26)24-14-21-33-22-24/h4-6,8-14,21-22H,3,7,15-20H2,1-2H3. The Morgan fingerprint density at radius 2 is 1.70 bits per heavy atom. The molecule has 4 rings (SSSR count). The Bertz CT molecular complexity index is 996. The van der Waals surface area contributed by atoms with Crippen LogP contribution < -0.4 is 4.90 Å². The minimum absolute atomic E-state index is 0.119. The van der Waals surface area contributed by atoms with Gasteiger partial charge in [0.05, 0.1) is 12.5 Å². The number of thiophene rings is 1. The molecule has 0 bridgehead atoms. The van der Waals surface area contributed by atoms with Crippen molar-refractivity contribution < 1.29 is 9.53 Å². The van der Waals surface area contributed by atoms with Crippen LogP contribution in [0, 0.1) is 0 Å². The number of anilines is 1. The van der Waals surface area contributed by atoms with Gasteiger partial charge in [-0.2, -0.15) is 11.3 Å². The summed E-state index contributed by atoms with van der Waals surface area (Å²) in [7, 11) is 1.50. The van der Waals surface area contributed by atoms with E-state index in [-0.39, 0.29) is 5.97 Å². The first-order valence-electron chi connectivity index (χ1n) is 11.9. The third-order valence-corrected chi connectivity index (χ3v) is 7.73. The summed E-state index contributed by atoms with van der Waals surface area (Å²) in [4.78, 5) is 17.8. The van der Waals surface area contributed by atoms with Crippen LogP contribution in [0.15, 0.2) is 71.4 Å². The molecule has 0 aliphatic carbocycles. The fourth-order valence-corrected chi connectivity index (χ4v) is 5.63. The lowest BCUT2D eigenvalue weighted by Crippen LogP contribution is -2.47. The molecule has 1 aromatic heterocycles. The van der Waals surface area contributed by atoms with Crippen LogP contribution in [0.4, 0.5) is 5.69 Å². The average molecular weight is 463 g/mol. The maximum absolute atomic E-state index is 12.8. The lowest BCUT2D eigenvalue weighted by molar-refractivity contribution is -0.148. The van der Waals surface area contributed by atoms with E-state index in [2.05, 4.69) is 69.9 Å². The molecule has 33 heavy (non-hydrogen) atoms. The Morgan fingerprint density at radius 3 is 2.30 bits per heavy atom. The first kappa shape index (κ1) is 23.5. The molecule has 1 fully saturated rings. The van der Waals surface area contributed by atoms with Crippen LogP contribution in [-0.4, -0.2) is 50.7 Å². The summed E-state index contributed by atoms with van der Waals surface area (Å²) in [6, 6.07) is 21.2. The molecule has 0 spiro atoms. The molecule has 0 amide bonds. The van der Waals surface area contributed by atoms with Gasteiger partial charge in [0.25, 0.3) is 0 Å². The molecule has 1 aliphatic heterocycles. The molecule has 0 radical (unpaired) electrons. The quantitative estimate of drug-likeness (QED) is 0.374. The third-order valence-electron chi connectivity index (χ3n) is 7.04. The smallest absolute Gasteiger partial charge is 0.316 e. The van der Waals surface area contributed by atoms with Crippen molar-refractivity contribution in [2.45, 2.75) is 31.6 Å². The number of hydrogen-bond acceptors (Lipinski definition) is 5. The Kier molecular flexibility index (Phi) is 7.84. The fourth-order valence-electron chi connectivity index (χ4n) is 4.97. The highest BCUT2D eigenvalue weighted by Gasteiger charge is 2.39. The van der Waals surface area contributed by atoms with E-state index >= 15 is 0 Å². The van der Waals surface area contributed by atoms with E-state index in [1.807, 2.05) is 18.2 Å². The van der Waals surface area contributed by atoms with Crippen LogP contribution in [0.5, 0.6) is 0 Å². The van der Waals surface area contributed by atoms with Crippen molar-refractivity contribution in [3.8, 4) is 11.1 Å². The molecular formula is C28H34N2O2S. The second kappa shape index (κ2) is 11.0. The van der Waals surface area contributed by atoms with Crippen LogP contribution in [-0.2, 0) is 14.9 Å². The first-order chi connectivity index (χ1) is 16.2. The number of rotatable bonds is 9. The topological polar surface area (TPSA) is 32.8 Å². The maximum Gasteiger partial charge on any atom is 0.316 e. The van der Waals surface area contributed by atoms with Gasteiger partial charge >= 0.3 is 5.97 Å². The van der Waals surface area contributed by atoms with Gasteiger partial charge in [-0.25, -0.2) is 0 Å². The number of carbonyl (C=O) groups excluding carboxylic acids is 1. The Labute approximate surface area is 201 Å². The predicted molar refractivity (Wildman–Crippen MR) is 138 cm³/mol. The highest BCUT2D eigenvalue weighted by molar-refractivity contribution is 7.08. The lowest BCUT2D eigenvalue weighted by atomic mass is 9.74. The zero-order valence-corrected chi connectivity index (χ0v) is 20.5. The predicted octanol–water partition coefficient (Wildman–Crippen LogP) is 5.84. The molecule has 5 heteroatoms. The highest BCUT2D eigenvalue weighted by Crippen LogP contribution is 2.34. The summed E-state index contributed by atoms with van der Waals surface area (Å²) in [6.07, 6.45) is 2.54. The average Bonchev–Trinajstić information content (AvgIpc) is 3.43. The summed E-state index contributed by atoms with van der Waals surface area (Å²) in [6.45, 7) is 7.27. The van der Waals surface area contributed by atoms with Gasteiger partial charge in [-0.1, -0.05) is 49.4 Å². The van der Waals surface area contributed by atoms with Crippen LogP contribution >= 0.6 is 11.3 Å². The van der Waals surface area contributed by atoms with Crippen molar-refractivity contribution in [1.82, 2.24) is 4.90 Å². The summed E-state index contributed by atoms with van der Waals surface area (Å²) < 4.78 is 5.24. The van der Waals surface area contributed by atoms with Gasteiger partial charge in [0.2, 0.25) is 0 Å². The van der Waals surface area contributed by atoms with Crippen molar-refractivity contribution in [1.29, 1.82) is 0 Å². The second-order valence-electron chi connectivity index (χ2n) is 8.78. The van der Waals surface area contributed by atoms with E-state index in [9.17, 15) is 4.79 Å². The highest BCUT2D eigenvalue weighted by atomic mass is 32.1. The van der Waals surface area contributed by atoms with Gasteiger partial charge in [0, 0.05) is 31.9 Å². The molecule has 1 atom stereocenters. The number of ether oxygens (including phenoxy) is 1. The molecule has 3 aromatic rings. The van der Waals surface area contributed by atoms with Gasteiger partial charge in [0.15, 0.2) is 0 Å². The first-order valence-corrected chi connectivity index (χ1v) is 12.8. The van der Waals surface area contributed by atoms with Gasteiger partial charge in [-0.3, -0.25) is 9.69 Å². The zero-order chi connectivity index (χ0) is 23.1. The monoisotopic (exact) mass is 462 g/mol. The Balaban J connectivity index is 1.30. The molecule has 2 aromatic carbocycles. The molecular weight excluding hydrogens is 428 g/mol. The van der Waals surface area contributed by atoms with E-state index in [0.29, 0.717) is 0 Å². The van der Waals surface area contributed by atoms with Crippen LogP contribution in [0.25, 0.3) is 11.1 Å². The lowest BCUT2D eigenvalue weighted by Gasteiger charge is -2.37. The minimum atomic E-state index is -0.554. The molecule has 2 heterocycles. The number of piperazine rings is 1. The summed E-state index contributed by atoms with van der Waals surface area (Å²) in [5.41, 5.74) is 4.38. The number of methoxy groups -OCH3 is 1. The maximum atomic E-state index is 12.8. The Hall–Kier alpha value is -2.63. The van der Waals surface area contributed by atoms with E-state index < -0.39 is 5.41 Å². The van der Waals surface area contributed by atoms with E-state index in [1.54, 1.807) is 11.3 Å². The van der Waals surface area contributed by atoms with Gasteiger partial charge in [0.1, 0.15) is 0 Å². The molecule has 1 unspecified atom stereocenters. The molecule has 0 N–H and O–H groups in total. The number of benzene rings is 2. The molecule has 174 valence electrons. The van der Waals surface area contributed by atoms with Crippen molar-refractivity contribution in [2.75, 3.05) is 44.7 Å². The molecule has 4 nitrogen and oxygen atoms in total. The number of carbonyl (C=O) groups is 1. The minimum Gasteiger partial charge on any atom is -0.468 e. The SMILES string of the molecule is CCC(CCCN1CCN(c2ccc(-c3ccsc3)cc2)CC1)(C(=O)OC)c1ccccc1. The second-order valence-corrected chi connectivity index (χ2v) is 9.56. The fraction of sp³-hybridized carbons (Fsp3) is 0.393. The van der Waals surface area contributed by atoms with Crippen LogP contribution in [0.3, 0.4) is 0 Å². The molecule has 1 aliphatic rings. The summed E-state index contributed by atoms with van der Waals surface area (Å²) in [5, 5.41) is 4.32. The van der Waals surface area contributed by atoms with E-state index in [1.165, 1.54) is 23.9 Å². The van der Waals surface area contributed by atoms with E-state index in [4.69, 9.17) is 4.74 Å². The van der Waals surface area contributed by atoms with Gasteiger partial charge in [-0.15, -0.1) is 0 Å². The van der Waals surface area contributed by atoms with Crippen molar-refractivity contribution in [2.24, 2.45) is 0 Å². The molecule has 1 saturated heterocycles. The van der Waals surface area contributed by atoms with E-state index in [0.717, 1.165) is 57.5 Å². The Morgan fingerprint density at radius 1 is 0.970 bits per heavy atom. The van der Waals surface area contributed by atoms with Crippen LogP contribution in [0.1, 0.15) is 31.7 Å². The number of nitrogens with zero attached hydrogens (tertiary/aromatic N) is 2. The van der Waals surface area contributed by atoms with Crippen molar-refractivity contribution in [3.05, 3.63) is 77.0 Å². The van der Waals surface area contributed by atoms with Crippen LogP contribution in [0.2, 0.25) is 0 Å².